The Bertz CT molecular complexity index is 1080. The number of hydrogen-bond donors (Lipinski definition) is 1. The Hall–Kier alpha value is -2.76. The summed E-state index contributed by atoms with van der Waals surface area (Å²) in [5, 5.41) is 10.3. The quantitative estimate of drug-likeness (QED) is 0.358. The van der Waals surface area contributed by atoms with E-state index in [4.69, 9.17) is 4.74 Å². The number of rotatable bonds is 8. The van der Waals surface area contributed by atoms with E-state index in [2.05, 4.69) is 4.72 Å². The predicted octanol–water partition coefficient (Wildman–Crippen LogP) is 1.06. The van der Waals surface area contributed by atoms with Crippen molar-refractivity contribution in [2.75, 3.05) is 6.61 Å². The molecule has 3 rings (SSSR count). The topological polar surface area (TPSA) is 119 Å². The molecule has 1 aliphatic heterocycles. The highest BCUT2D eigenvalue weighted by Gasteiger charge is 2.54. The normalized spacial score (nSPS) is 20.9. The molecule has 0 bridgehead atoms. The molecule has 0 aliphatic carbocycles. The van der Waals surface area contributed by atoms with Crippen LogP contribution in [0.2, 0.25) is 6.82 Å². The number of esters is 1. The average molecular weight is 459 g/mol. The van der Waals surface area contributed by atoms with Gasteiger partial charge in [-0.3, -0.25) is 4.79 Å². The van der Waals surface area contributed by atoms with Crippen molar-refractivity contribution in [3.05, 3.63) is 65.1 Å². The minimum atomic E-state index is -4.25. The molecule has 1 fully saturated rings. The highest BCUT2D eigenvalue weighted by atomic mass is 32.2. The SMILES string of the molecule is CCOC(=O)[C@@H]1C[C@](C[n+]2ccccc2)([N-]S(=O)(=O)c2ccc(C)cc2)C(=O)N1B(C)O. The van der Waals surface area contributed by atoms with Gasteiger partial charge in [0.1, 0.15) is 22.6 Å². The van der Waals surface area contributed by atoms with Crippen LogP contribution in [0.15, 0.2) is 59.8 Å². The Kier molecular flexibility index (Phi) is 7.01. The van der Waals surface area contributed by atoms with E-state index < -0.39 is 40.5 Å². The molecule has 0 spiro atoms. The van der Waals surface area contributed by atoms with Crippen LogP contribution in [0, 0.1) is 6.92 Å². The lowest BCUT2D eigenvalue weighted by atomic mass is 9.84. The van der Waals surface area contributed by atoms with E-state index in [1.807, 2.05) is 6.92 Å². The molecule has 170 valence electrons. The van der Waals surface area contributed by atoms with Crippen LogP contribution in [0.25, 0.3) is 4.72 Å². The maximum atomic E-state index is 13.5. The second-order valence-electron chi connectivity index (χ2n) is 7.78. The molecule has 0 saturated carbocycles. The van der Waals surface area contributed by atoms with Gasteiger partial charge in [0.15, 0.2) is 12.4 Å². The maximum absolute atomic E-state index is 13.5. The van der Waals surface area contributed by atoms with E-state index in [1.165, 1.54) is 19.0 Å². The first-order valence-electron chi connectivity index (χ1n) is 10.3. The van der Waals surface area contributed by atoms with Crippen LogP contribution in [-0.4, -0.2) is 55.4 Å². The van der Waals surface area contributed by atoms with Crippen molar-refractivity contribution in [3.8, 4) is 0 Å². The Morgan fingerprint density at radius 2 is 1.91 bits per heavy atom. The van der Waals surface area contributed by atoms with Gasteiger partial charge in [0, 0.05) is 22.6 Å². The predicted molar refractivity (Wildman–Crippen MR) is 117 cm³/mol. The number of amides is 1. The summed E-state index contributed by atoms with van der Waals surface area (Å²) in [5.41, 5.74) is -0.956. The second-order valence-corrected chi connectivity index (χ2v) is 9.38. The summed E-state index contributed by atoms with van der Waals surface area (Å²) in [6.45, 7) is 4.74. The van der Waals surface area contributed by atoms with Gasteiger partial charge in [-0.25, -0.2) is 17.8 Å². The van der Waals surface area contributed by atoms with Crippen LogP contribution in [-0.2, 0) is 30.9 Å². The summed E-state index contributed by atoms with van der Waals surface area (Å²) in [5.74, 6) is -1.47. The number of nitrogens with zero attached hydrogens (tertiary/aromatic N) is 3. The molecule has 1 N–H and O–H groups in total. The highest BCUT2D eigenvalue weighted by Crippen LogP contribution is 2.40. The van der Waals surface area contributed by atoms with Crippen LogP contribution in [0.5, 0.6) is 0 Å². The Balaban J connectivity index is 2.07. The minimum Gasteiger partial charge on any atom is -0.526 e. The lowest BCUT2D eigenvalue weighted by Crippen LogP contribution is -2.54. The zero-order valence-electron chi connectivity index (χ0n) is 18.2. The summed E-state index contributed by atoms with van der Waals surface area (Å²) in [6.07, 6.45) is 3.10. The molecule has 1 aromatic carbocycles. The zero-order valence-corrected chi connectivity index (χ0v) is 19.0. The number of aromatic nitrogens is 1. The molecular weight excluding hydrogens is 433 g/mol. The average Bonchev–Trinajstić information content (AvgIpc) is 3.01. The standard InChI is InChI=1S/C21H26BN3O6S/c1-4-31-19(26)18-14-21(20(27)25(18)22(3)28,15-24-12-6-5-7-13-24)23-32(29,30)17-10-8-16(2)9-11-17/h5-13,18,28H,4,14-15H2,1-3H3/t18-,21+/m0/s1. The van der Waals surface area contributed by atoms with Gasteiger partial charge in [-0.2, -0.15) is 0 Å². The van der Waals surface area contributed by atoms with Crippen LogP contribution >= 0.6 is 0 Å². The van der Waals surface area contributed by atoms with Crippen molar-refractivity contribution in [1.82, 2.24) is 4.81 Å². The van der Waals surface area contributed by atoms with Crippen LogP contribution < -0.4 is 4.57 Å². The third-order valence-electron chi connectivity index (χ3n) is 5.30. The van der Waals surface area contributed by atoms with E-state index >= 15 is 0 Å². The monoisotopic (exact) mass is 459 g/mol. The molecule has 2 aromatic rings. The highest BCUT2D eigenvalue weighted by molar-refractivity contribution is 7.94. The molecule has 2 atom stereocenters. The molecule has 11 heteroatoms. The van der Waals surface area contributed by atoms with Gasteiger partial charge in [-0.05, 0) is 39.2 Å². The Morgan fingerprint density at radius 3 is 2.47 bits per heavy atom. The zero-order chi connectivity index (χ0) is 23.5. The summed E-state index contributed by atoms with van der Waals surface area (Å²) < 4.78 is 37.2. The van der Waals surface area contributed by atoms with E-state index in [0.717, 1.165) is 10.4 Å². The summed E-state index contributed by atoms with van der Waals surface area (Å²) in [4.78, 5) is 27.0. The smallest absolute Gasteiger partial charge is 0.412 e. The lowest BCUT2D eigenvalue weighted by Gasteiger charge is -2.38. The number of carbonyl (C=O) groups is 2. The molecule has 1 aromatic heterocycles. The van der Waals surface area contributed by atoms with Crippen molar-refractivity contribution in [2.45, 2.75) is 50.1 Å². The maximum Gasteiger partial charge on any atom is 0.412 e. The van der Waals surface area contributed by atoms with Crippen molar-refractivity contribution >= 4 is 29.0 Å². The summed E-state index contributed by atoms with van der Waals surface area (Å²) in [6, 6.07) is 10.2. The molecule has 1 saturated heterocycles. The first-order chi connectivity index (χ1) is 15.1. The summed E-state index contributed by atoms with van der Waals surface area (Å²) in [7, 11) is -5.59. The van der Waals surface area contributed by atoms with Gasteiger partial charge in [-0.15, -0.1) is 0 Å². The number of pyridine rings is 1. The van der Waals surface area contributed by atoms with E-state index in [1.54, 1.807) is 54.2 Å². The fourth-order valence-electron chi connectivity index (χ4n) is 3.82. The molecule has 9 nitrogen and oxygen atoms in total. The fraction of sp³-hybridized carbons (Fsp3) is 0.381. The molecule has 2 heterocycles. The number of benzene rings is 1. The van der Waals surface area contributed by atoms with Crippen LogP contribution in [0.1, 0.15) is 18.9 Å². The largest absolute Gasteiger partial charge is 0.526 e. The first-order valence-corrected chi connectivity index (χ1v) is 11.7. The number of hydrogen-bond acceptors (Lipinski definition) is 6. The third kappa shape index (κ3) is 4.84. The number of sulfonamides is 1. The van der Waals surface area contributed by atoms with Crippen LogP contribution in [0.3, 0.4) is 0 Å². The van der Waals surface area contributed by atoms with Gasteiger partial charge in [0.2, 0.25) is 5.91 Å². The van der Waals surface area contributed by atoms with Crippen molar-refractivity contribution in [1.29, 1.82) is 0 Å². The number of carbonyl (C=O) groups excluding carboxylic acids is 2. The second kappa shape index (κ2) is 9.39. The van der Waals surface area contributed by atoms with E-state index in [-0.39, 0.29) is 24.5 Å². The molecule has 32 heavy (non-hydrogen) atoms. The van der Waals surface area contributed by atoms with Gasteiger partial charge in [0.25, 0.3) is 0 Å². The molecule has 1 amide bonds. The van der Waals surface area contributed by atoms with Crippen molar-refractivity contribution in [3.63, 3.8) is 0 Å². The first kappa shape index (κ1) is 23.9. The van der Waals surface area contributed by atoms with Crippen LogP contribution in [0.4, 0.5) is 0 Å². The van der Waals surface area contributed by atoms with Crippen molar-refractivity contribution in [2.24, 2.45) is 0 Å². The fourth-order valence-corrected chi connectivity index (χ4v) is 5.08. The van der Waals surface area contributed by atoms with E-state index in [9.17, 15) is 23.0 Å². The van der Waals surface area contributed by atoms with E-state index in [0.29, 0.717) is 0 Å². The van der Waals surface area contributed by atoms with Gasteiger partial charge in [0.05, 0.1) is 6.61 Å². The van der Waals surface area contributed by atoms with Gasteiger partial charge >= 0.3 is 13.0 Å². The van der Waals surface area contributed by atoms with Gasteiger partial charge in [-0.1, -0.05) is 23.8 Å². The number of ether oxygens (including phenoxy) is 1. The molecule has 0 radical (unpaired) electrons. The lowest BCUT2D eigenvalue weighted by molar-refractivity contribution is -0.700. The van der Waals surface area contributed by atoms with Gasteiger partial charge < -0.3 is 19.3 Å². The molecular formula is C21H26BN3O6S. The summed E-state index contributed by atoms with van der Waals surface area (Å²) >= 11 is 0. The Morgan fingerprint density at radius 1 is 1.28 bits per heavy atom. The third-order valence-corrected chi connectivity index (χ3v) is 6.75. The molecule has 1 aliphatic rings. The number of aryl methyl sites for hydroxylation is 1. The van der Waals surface area contributed by atoms with Crippen molar-refractivity contribution < 1.29 is 32.3 Å². The molecule has 0 unspecified atom stereocenters. The Labute approximate surface area is 188 Å². The minimum absolute atomic E-state index is 0.0588.